The number of para-hydroxylation sites is 2. The first-order valence-corrected chi connectivity index (χ1v) is 14.0. The van der Waals surface area contributed by atoms with Crippen LogP contribution in [0.5, 0.6) is 11.5 Å². The molecule has 5 aromatic rings. The highest BCUT2D eigenvalue weighted by Crippen LogP contribution is 2.52. The van der Waals surface area contributed by atoms with Crippen LogP contribution >= 0.6 is 23.7 Å². The molecule has 37 heavy (non-hydrogen) atoms. The minimum Gasteiger partial charge on any atom is -0.413 e. The molecule has 0 amide bonds. The first-order valence-electron chi connectivity index (χ1n) is 11.7. The predicted octanol–water partition coefficient (Wildman–Crippen LogP) is 8.56. The number of rotatable bonds is 7. The molecule has 0 bridgehead atoms. The highest BCUT2D eigenvalue weighted by molar-refractivity contribution is 9.04. The van der Waals surface area contributed by atoms with Crippen molar-refractivity contribution in [1.29, 1.82) is 0 Å². The van der Waals surface area contributed by atoms with Gasteiger partial charge in [-0.2, -0.15) is 0 Å². The van der Waals surface area contributed by atoms with Crippen molar-refractivity contribution in [2.45, 2.75) is 0 Å². The SMILES string of the molecule is Br[n+]1ccccc1.O=P(C=C(c1ccccc1)c1ccccc1)(Oc1ccccc1)Oc1ccccc1. The van der Waals surface area contributed by atoms with Crippen molar-refractivity contribution in [3.8, 4) is 11.5 Å². The lowest BCUT2D eigenvalue weighted by Crippen LogP contribution is -2.15. The Hall–Kier alpha value is -3.92. The Kier molecular flexibility index (Phi) is 9.47. The summed E-state index contributed by atoms with van der Waals surface area (Å²) in [6.45, 7) is 0. The lowest BCUT2D eigenvalue weighted by atomic mass is 10.00. The molecular weight excluding hydrogens is 545 g/mol. The molecule has 0 N–H and O–H groups in total. The summed E-state index contributed by atoms with van der Waals surface area (Å²) in [5.74, 6) is 2.57. The van der Waals surface area contributed by atoms with E-state index in [2.05, 4.69) is 16.1 Å². The average Bonchev–Trinajstić information content (AvgIpc) is 2.95. The van der Waals surface area contributed by atoms with Crippen LogP contribution in [0.1, 0.15) is 11.1 Å². The molecule has 0 radical (unpaired) electrons. The Bertz CT molecular complexity index is 1350. The Balaban J connectivity index is 0.000000396. The van der Waals surface area contributed by atoms with Crippen molar-refractivity contribution in [1.82, 2.24) is 0 Å². The van der Waals surface area contributed by atoms with Gasteiger partial charge < -0.3 is 9.05 Å². The molecule has 1 heterocycles. The van der Waals surface area contributed by atoms with Crippen molar-refractivity contribution >= 4 is 29.3 Å². The van der Waals surface area contributed by atoms with E-state index in [1.807, 2.05) is 131 Å². The van der Waals surface area contributed by atoms with E-state index in [1.54, 1.807) is 30.1 Å². The van der Waals surface area contributed by atoms with Crippen LogP contribution in [-0.2, 0) is 4.57 Å². The molecule has 0 aliphatic heterocycles. The average molecular weight is 571 g/mol. The van der Waals surface area contributed by atoms with Crippen LogP contribution in [0.2, 0.25) is 0 Å². The summed E-state index contributed by atoms with van der Waals surface area (Å²) in [4.78, 5) is 0. The molecule has 4 nitrogen and oxygen atoms in total. The fraction of sp³-hybridized carbons (Fsp3) is 0. The van der Waals surface area contributed by atoms with Crippen LogP contribution in [0.3, 0.4) is 0 Å². The standard InChI is InChI=1S/C26H21O3P.C5H5BrN/c27-30(28-24-17-9-3-10-18-24,29-25-19-11-4-12-20-25)21-26(22-13-5-1-6-14-22)23-15-7-2-8-16-23;6-7-4-2-1-3-5-7/h1-21H;1-5H/q;+1. The smallest absolute Gasteiger partial charge is 0.413 e. The fourth-order valence-electron chi connectivity index (χ4n) is 3.41. The number of pyridine rings is 1. The predicted molar refractivity (Wildman–Crippen MR) is 153 cm³/mol. The van der Waals surface area contributed by atoms with Crippen molar-refractivity contribution < 1.29 is 17.2 Å². The summed E-state index contributed by atoms with van der Waals surface area (Å²) >= 11 is 3.23. The lowest BCUT2D eigenvalue weighted by molar-refractivity contribution is -0.473. The number of nitrogens with zero attached hydrogens (tertiary/aromatic N) is 1. The molecule has 0 aliphatic carbocycles. The third-order valence-electron chi connectivity index (χ3n) is 5.09. The summed E-state index contributed by atoms with van der Waals surface area (Å²) in [5.41, 5.74) is 2.64. The van der Waals surface area contributed by atoms with E-state index in [0.29, 0.717) is 11.5 Å². The number of halogens is 1. The molecular formula is C31H26BrNO3P+. The first kappa shape index (κ1) is 26.2. The number of hydrogen-bond acceptors (Lipinski definition) is 3. The molecule has 0 saturated heterocycles. The molecule has 0 spiro atoms. The van der Waals surface area contributed by atoms with Gasteiger partial charge in [0.05, 0.1) is 5.82 Å². The highest BCUT2D eigenvalue weighted by atomic mass is 79.9. The zero-order valence-corrected chi connectivity index (χ0v) is 22.5. The van der Waals surface area contributed by atoms with Crippen LogP contribution in [0.4, 0.5) is 0 Å². The van der Waals surface area contributed by atoms with Gasteiger partial charge in [0, 0.05) is 12.1 Å². The highest BCUT2D eigenvalue weighted by Gasteiger charge is 2.27. The summed E-state index contributed by atoms with van der Waals surface area (Å²) in [7, 11) is -3.71. The normalized spacial score (nSPS) is 10.4. The van der Waals surface area contributed by atoms with Crippen molar-refractivity contribution in [2.24, 2.45) is 0 Å². The molecule has 0 atom stereocenters. The van der Waals surface area contributed by atoms with Crippen LogP contribution in [-0.4, -0.2) is 0 Å². The zero-order valence-electron chi connectivity index (χ0n) is 20.0. The molecule has 0 unspecified atom stereocenters. The molecule has 0 saturated carbocycles. The Morgan fingerprint density at radius 3 is 1.27 bits per heavy atom. The van der Waals surface area contributed by atoms with E-state index in [-0.39, 0.29) is 0 Å². The third kappa shape index (κ3) is 8.32. The van der Waals surface area contributed by atoms with Crippen molar-refractivity contribution in [2.75, 3.05) is 0 Å². The monoisotopic (exact) mass is 570 g/mol. The van der Waals surface area contributed by atoms with E-state index in [9.17, 15) is 4.57 Å². The number of hydrogen-bond donors (Lipinski definition) is 0. The van der Waals surface area contributed by atoms with Gasteiger partial charge in [-0.3, -0.25) is 0 Å². The lowest BCUT2D eigenvalue weighted by Gasteiger charge is -2.19. The minimum atomic E-state index is -3.71. The van der Waals surface area contributed by atoms with E-state index >= 15 is 0 Å². The Morgan fingerprint density at radius 1 is 0.568 bits per heavy atom. The van der Waals surface area contributed by atoms with Gasteiger partial charge >= 0.3 is 23.7 Å². The Labute approximate surface area is 226 Å². The zero-order chi connectivity index (χ0) is 25.8. The molecule has 4 aromatic carbocycles. The molecule has 0 aliphatic rings. The van der Waals surface area contributed by atoms with Gasteiger partial charge in [0.1, 0.15) is 11.5 Å². The van der Waals surface area contributed by atoms with Crippen LogP contribution in [0.15, 0.2) is 158 Å². The van der Waals surface area contributed by atoms with Crippen molar-refractivity contribution in [3.05, 3.63) is 169 Å². The first-order chi connectivity index (χ1) is 18.1. The minimum absolute atomic E-state index is 0.480. The van der Waals surface area contributed by atoms with Crippen LogP contribution in [0, 0.1) is 0 Å². The summed E-state index contributed by atoms with van der Waals surface area (Å²) in [5, 5.41) is 0. The number of benzene rings is 4. The van der Waals surface area contributed by atoms with Gasteiger partial charge in [0.2, 0.25) is 0 Å². The van der Waals surface area contributed by atoms with E-state index in [1.165, 1.54) is 0 Å². The molecule has 184 valence electrons. The second-order valence-electron chi connectivity index (χ2n) is 7.84. The van der Waals surface area contributed by atoms with Gasteiger partial charge in [-0.25, -0.2) is 4.57 Å². The fourth-order valence-corrected chi connectivity index (χ4v) is 5.28. The largest absolute Gasteiger partial charge is 0.456 e. The van der Waals surface area contributed by atoms with Crippen LogP contribution < -0.4 is 12.6 Å². The molecule has 0 fully saturated rings. The second kappa shape index (κ2) is 13.4. The summed E-state index contributed by atoms with van der Waals surface area (Å²) < 4.78 is 27.7. The second-order valence-corrected chi connectivity index (χ2v) is 10.4. The number of aromatic nitrogens is 1. The molecule has 6 heteroatoms. The third-order valence-corrected chi connectivity index (χ3v) is 7.07. The van der Waals surface area contributed by atoms with Gasteiger partial charge in [-0.15, -0.1) is 3.59 Å². The topological polar surface area (TPSA) is 39.4 Å². The van der Waals surface area contributed by atoms with Crippen LogP contribution in [0.25, 0.3) is 5.57 Å². The van der Waals surface area contributed by atoms with Gasteiger partial charge in [-0.05, 0) is 41.0 Å². The van der Waals surface area contributed by atoms with Gasteiger partial charge in [0.15, 0.2) is 12.4 Å². The summed E-state index contributed by atoms with van der Waals surface area (Å²) in [6.07, 6.45) is 3.83. The van der Waals surface area contributed by atoms with Gasteiger partial charge in [-0.1, -0.05) is 103 Å². The summed E-state index contributed by atoms with van der Waals surface area (Å²) in [6, 6.07) is 43.7. The quantitative estimate of drug-likeness (QED) is 0.184. The van der Waals surface area contributed by atoms with Gasteiger partial charge in [0.25, 0.3) is 0 Å². The maximum Gasteiger partial charge on any atom is 0.456 e. The van der Waals surface area contributed by atoms with E-state index in [0.717, 1.165) is 16.7 Å². The van der Waals surface area contributed by atoms with Crippen molar-refractivity contribution in [3.63, 3.8) is 0 Å². The maximum absolute atomic E-state index is 14.0. The molecule has 1 aromatic heterocycles. The molecule has 5 rings (SSSR count). The van der Waals surface area contributed by atoms with E-state index in [4.69, 9.17) is 9.05 Å². The maximum atomic E-state index is 14.0. The van der Waals surface area contributed by atoms with E-state index < -0.39 is 7.60 Å². The Morgan fingerprint density at radius 2 is 0.919 bits per heavy atom.